The maximum Gasteiger partial charge on any atom is 0.317 e. The highest BCUT2D eigenvalue weighted by Gasteiger charge is 2.41. The number of para-hydroxylation sites is 1. The van der Waals surface area contributed by atoms with Gasteiger partial charge in [0.15, 0.2) is 0 Å². The molecule has 3 aliphatic rings. The first-order chi connectivity index (χ1) is 11.2. The molecule has 0 unspecified atom stereocenters. The Bertz CT molecular complexity index is 582. The molecule has 4 nitrogen and oxygen atoms in total. The Balaban J connectivity index is 1.25. The quantitative estimate of drug-likeness (QED) is 0.927. The second-order valence-electron chi connectivity index (χ2n) is 7.34. The molecule has 0 spiro atoms. The Morgan fingerprint density at radius 3 is 2.78 bits per heavy atom. The van der Waals surface area contributed by atoms with Crippen LogP contribution in [0.3, 0.4) is 0 Å². The van der Waals surface area contributed by atoms with Crippen LogP contribution in [-0.4, -0.2) is 36.2 Å². The highest BCUT2D eigenvalue weighted by molar-refractivity contribution is 5.75. The van der Waals surface area contributed by atoms with E-state index in [1.54, 1.807) is 0 Å². The number of amides is 2. The largest absolute Gasteiger partial charge is 0.486 e. The monoisotopic (exact) mass is 314 g/mol. The molecule has 4 heteroatoms. The third-order valence-electron chi connectivity index (χ3n) is 5.83. The zero-order valence-corrected chi connectivity index (χ0v) is 13.8. The summed E-state index contributed by atoms with van der Waals surface area (Å²) in [5.74, 6) is 2.56. The van der Waals surface area contributed by atoms with Gasteiger partial charge < -0.3 is 15.0 Å². The lowest BCUT2D eigenvalue weighted by atomic mass is 9.95. The van der Waals surface area contributed by atoms with E-state index in [0.717, 1.165) is 24.0 Å². The molecule has 0 aromatic heterocycles. The fourth-order valence-electron chi connectivity index (χ4n) is 4.44. The van der Waals surface area contributed by atoms with Crippen LogP contribution < -0.4 is 10.1 Å². The molecule has 1 N–H and O–H groups in total. The lowest BCUT2D eigenvalue weighted by Crippen LogP contribution is -2.60. The first-order valence-electron chi connectivity index (χ1n) is 9.03. The minimum Gasteiger partial charge on any atom is -0.486 e. The summed E-state index contributed by atoms with van der Waals surface area (Å²) >= 11 is 0. The van der Waals surface area contributed by atoms with Gasteiger partial charge in [0.05, 0.1) is 13.1 Å². The minimum absolute atomic E-state index is 0.103. The molecule has 1 aromatic rings. The van der Waals surface area contributed by atoms with E-state index in [1.807, 2.05) is 23.1 Å². The van der Waals surface area contributed by atoms with E-state index < -0.39 is 0 Å². The minimum atomic E-state index is 0.103. The number of nitrogens with zero attached hydrogens (tertiary/aromatic N) is 1. The fraction of sp³-hybridized carbons (Fsp3) is 0.632. The van der Waals surface area contributed by atoms with Gasteiger partial charge >= 0.3 is 6.03 Å². The molecule has 4 rings (SSSR count). The number of likely N-dealkylation sites (tertiary alicyclic amines) is 1. The van der Waals surface area contributed by atoms with Crippen molar-refractivity contribution in [2.45, 2.75) is 51.2 Å². The first kappa shape index (κ1) is 14.9. The average Bonchev–Trinajstić information content (AvgIpc) is 3.13. The van der Waals surface area contributed by atoms with Crippen molar-refractivity contribution < 1.29 is 9.53 Å². The summed E-state index contributed by atoms with van der Waals surface area (Å²) in [6, 6.07) is 8.70. The van der Waals surface area contributed by atoms with Crippen molar-refractivity contribution in [3.63, 3.8) is 0 Å². The second kappa shape index (κ2) is 6.06. The van der Waals surface area contributed by atoms with E-state index in [2.05, 4.69) is 18.3 Å². The highest BCUT2D eigenvalue weighted by Crippen LogP contribution is 2.44. The molecule has 1 aromatic carbocycles. The first-order valence-corrected chi connectivity index (χ1v) is 9.03. The summed E-state index contributed by atoms with van der Waals surface area (Å²) in [6.45, 7) is 3.54. The number of benzene rings is 1. The summed E-state index contributed by atoms with van der Waals surface area (Å²) in [4.78, 5) is 14.2. The molecule has 2 amide bonds. The molecule has 3 fully saturated rings. The van der Waals surface area contributed by atoms with Gasteiger partial charge in [-0.3, -0.25) is 0 Å². The Kier molecular flexibility index (Phi) is 3.92. The van der Waals surface area contributed by atoms with E-state index in [9.17, 15) is 4.79 Å². The van der Waals surface area contributed by atoms with Crippen molar-refractivity contribution in [2.75, 3.05) is 13.1 Å². The van der Waals surface area contributed by atoms with Crippen molar-refractivity contribution in [1.82, 2.24) is 10.2 Å². The topological polar surface area (TPSA) is 41.6 Å². The van der Waals surface area contributed by atoms with Crippen LogP contribution in [0.15, 0.2) is 24.3 Å². The lowest BCUT2D eigenvalue weighted by molar-refractivity contribution is 0.0421. The molecule has 2 bridgehead atoms. The van der Waals surface area contributed by atoms with Gasteiger partial charge in [0, 0.05) is 6.04 Å². The smallest absolute Gasteiger partial charge is 0.317 e. The second-order valence-corrected chi connectivity index (χ2v) is 7.34. The zero-order valence-electron chi connectivity index (χ0n) is 13.8. The van der Waals surface area contributed by atoms with Crippen LogP contribution in [-0.2, 0) is 6.42 Å². The predicted octanol–water partition coefficient (Wildman–Crippen LogP) is 3.21. The van der Waals surface area contributed by atoms with Crippen LogP contribution >= 0.6 is 0 Å². The van der Waals surface area contributed by atoms with Crippen LogP contribution in [0.5, 0.6) is 5.75 Å². The van der Waals surface area contributed by atoms with E-state index in [1.165, 1.54) is 31.2 Å². The van der Waals surface area contributed by atoms with Gasteiger partial charge in [0.25, 0.3) is 0 Å². The maximum atomic E-state index is 12.3. The van der Waals surface area contributed by atoms with Crippen LogP contribution in [0.2, 0.25) is 0 Å². The summed E-state index contributed by atoms with van der Waals surface area (Å²) in [6.07, 6.45) is 6.28. The van der Waals surface area contributed by atoms with Gasteiger partial charge in [-0.15, -0.1) is 0 Å². The fourth-order valence-corrected chi connectivity index (χ4v) is 4.44. The lowest BCUT2D eigenvalue weighted by Gasteiger charge is -2.40. The normalized spacial score (nSPS) is 29.4. The number of urea groups is 1. The number of hydrogen-bond donors (Lipinski definition) is 1. The van der Waals surface area contributed by atoms with E-state index in [-0.39, 0.29) is 12.1 Å². The van der Waals surface area contributed by atoms with Crippen LogP contribution in [0.4, 0.5) is 4.79 Å². The summed E-state index contributed by atoms with van der Waals surface area (Å²) in [5, 5.41) is 3.25. The van der Waals surface area contributed by atoms with Crippen molar-refractivity contribution in [3.05, 3.63) is 29.8 Å². The third-order valence-corrected chi connectivity index (χ3v) is 5.83. The molecule has 1 saturated heterocycles. The van der Waals surface area contributed by atoms with Crippen molar-refractivity contribution in [2.24, 2.45) is 11.8 Å². The molecular formula is C19H26N2O2. The molecule has 2 saturated carbocycles. The zero-order chi connectivity index (χ0) is 15.8. The molecule has 1 aliphatic heterocycles. The van der Waals surface area contributed by atoms with E-state index in [0.29, 0.717) is 19.1 Å². The predicted molar refractivity (Wildman–Crippen MR) is 89.6 cm³/mol. The van der Waals surface area contributed by atoms with Crippen LogP contribution in [0.1, 0.15) is 38.2 Å². The van der Waals surface area contributed by atoms with Gasteiger partial charge in [0.2, 0.25) is 0 Å². The number of aryl methyl sites for hydroxylation is 1. The molecule has 0 radical (unpaired) electrons. The number of hydrogen-bond acceptors (Lipinski definition) is 2. The van der Waals surface area contributed by atoms with E-state index >= 15 is 0 Å². The van der Waals surface area contributed by atoms with Gasteiger partial charge in [-0.2, -0.15) is 0 Å². The van der Waals surface area contributed by atoms with Crippen molar-refractivity contribution in [3.8, 4) is 5.75 Å². The van der Waals surface area contributed by atoms with Crippen molar-refractivity contribution >= 4 is 6.03 Å². The number of nitrogens with one attached hydrogen (secondary N) is 1. The van der Waals surface area contributed by atoms with E-state index in [4.69, 9.17) is 4.74 Å². The Morgan fingerprint density at radius 1 is 1.26 bits per heavy atom. The van der Waals surface area contributed by atoms with Gasteiger partial charge in [-0.1, -0.05) is 31.5 Å². The van der Waals surface area contributed by atoms with Crippen LogP contribution in [0.25, 0.3) is 0 Å². The Morgan fingerprint density at radius 2 is 2.09 bits per heavy atom. The highest BCUT2D eigenvalue weighted by atomic mass is 16.5. The molecule has 1 heterocycles. The molecule has 23 heavy (non-hydrogen) atoms. The number of rotatable bonds is 4. The van der Waals surface area contributed by atoms with Crippen molar-refractivity contribution in [1.29, 1.82) is 0 Å². The number of carbonyl (C=O) groups excluding carboxylic acids is 1. The summed E-state index contributed by atoms with van der Waals surface area (Å²) < 4.78 is 6.05. The molecular weight excluding hydrogens is 288 g/mol. The van der Waals surface area contributed by atoms with Gasteiger partial charge in [-0.25, -0.2) is 4.79 Å². The molecule has 124 valence electrons. The average molecular weight is 314 g/mol. The van der Waals surface area contributed by atoms with Gasteiger partial charge in [0.1, 0.15) is 11.9 Å². The maximum absolute atomic E-state index is 12.3. The Labute approximate surface area is 138 Å². The standard InChI is InChI=1S/C19H26N2O2/c1-2-14-5-3-4-6-18(14)23-16-11-21(12-16)19(22)20-17-10-13-7-8-15(17)9-13/h3-6,13,15-17H,2,7-12H2,1H3,(H,20,22)/t13-,15+,17-/m1/s1. The summed E-state index contributed by atoms with van der Waals surface area (Å²) in [7, 11) is 0. The Hall–Kier alpha value is -1.71. The number of ether oxygens (including phenoxy) is 1. The summed E-state index contributed by atoms with van der Waals surface area (Å²) in [5.41, 5.74) is 1.23. The number of carbonyl (C=O) groups is 1. The number of fused-ring (bicyclic) bond motifs is 2. The molecule has 3 atom stereocenters. The molecule has 2 aliphatic carbocycles. The third kappa shape index (κ3) is 2.91. The van der Waals surface area contributed by atoms with Crippen LogP contribution in [0, 0.1) is 11.8 Å². The van der Waals surface area contributed by atoms with Gasteiger partial charge in [-0.05, 0) is 49.1 Å². The SMILES string of the molecule is CCc1ccccc1OC1CN(C(=O)N[C@@H]2C[C@@H]3CC[C@H]2C3)C1.